The zero-order valence-corrected chi connectivity index (χ0v) is 39.3. The summed E-state index contributed by atoms with van der Waals surface area (Å²) in [6, 6.07) is 0. The summed E-state index contributed by atoms with van der Waals surface area (Å²) < 4.78 is 74.5. The predicted octanol–water partition coefficient (Wildman–Crippen LogP) is -13.6. The minimum absolute atomic E-state index is 0.730. The first-order valence-corrected chi connectivity index (χ1v) is 23.8. The normalized spacial score (nSPS) is 52.0. The van der Waals surface area contributed by atoms with Gasteiger partial charge < -0.3 is 164 Å². The van der Waals surface area contributed by atoms with Gasteiger partial charge in [-0.25, -0.2) is 0 Å². The van der Waals surface area contributed by atoms with Crippen molar-refractivity contribution in [2.75, 3.05) is 39.6 Å². The Hall–Kier alpha value is -1.32. The molecule has 33 nitrogen and oxygen atoms in total. The molecule has 3 unspecified atom stereocenters. The van der Waals surface area contributed by atoms with E-state index in [0.717, 1.165) is 0 Å². The van der Waals surface area contributed by atoms with Crippen molar-refractivity contribution in [1.29, 1.82) is 0 Å². The highest BCUT2D eigenvalue weighted by molar-refractivity contribution is 5.01. The van der Waals surface area contributed by atoms with Gasteiger partial charge in [0.2, 0.25) is 0 Å². The largest absolute Gasteiger partial charge is 0.394 e. The fourth-order valence-corrected chi connectivity index (χ4v) is 9.71. The molecule has 0 aromatic heterocycles. The van der Waals surface area contributed by atoms with E-state index in [0.29, 0.717) is 0 Å². The molecule has 0 aliphatic carbocycles. The quantitative estimate of drug-likeness (QED) is 0.0854. The smallest absolute Gasteiger partial charge is 0.187 e. The van der Waals surface area contributed by atoms with Crippen LogP contribution in [-0.2, 0) is 61.6 Å². The third-order valence-corrected chi connectivity index (χ3v) is 14.0. The molecule has 12 bridgehead atoms. The van der Waals surface area contributed by atoms with Crippen LogP contribution in [0.4, 0.5) is 0 Å². The van der Waals surface area contributed by atoms with Crippen molar-refractivity contribution in [1.82, 2.24) is 0 Å². The van der Waals surface area contributed by atoms with Gasteiger partial charge in [-0.05, 0) is 6.92 Å². The Morgan fingerprint density at radius 3 is 0.757 bits per heavy atom. The van der Waals surface area contributed by atoms with Gasteiger partial charge in [-0.3, -0.25) is 0 Å². The van der Waals surface area contributed by atoms with Crippen LogP contribution in [0, 0.1) is 0 Å². The van der Waals surface area contributed by atoms with Crippen LogP contribution in [0.25, 0.3) is 0 Å². The van der Waals surface area contributed by atoms with E-state index in [9.17, 15) is 102 Å². The van der Waals surface area contributed by atoms with Gasteiger partial charge in [0, 0.05) is 6.42 Å². The van der Waals surface area contributed by atoms with E-state index in [4.69, 9.17) is 61.6 Å². The monoisotopic (exact) mass is 1090 g/mol. The lowest BCUT2D eigenvalue weighted by atomic mass is 9.94. The maximum atomic E-state index is 11.8. The van der Waals surface area contributed by atoms with Gasteiger partial charge in [0.05, 0.1) is 51.8 Å². The second-order valence-electron chi connectivity index (χ2n) is 19.0. The number of hydrogen-bond donors (Lipinski definition) is 20. The molecule has 0 spiro atoms. The van der Waals surface area contributed by atoms with Gasteiger partial charge in [0.15, 0.2) is 44.0 Å². The van der Waals surface area contributed by atoms with E-state index in [-0.39, 0.29) is 0 Å². The summed E-state index contributed by atoms with van der Waals surface area (Å²) in [6.45, 7) is -5.12. The summed E-state index contributed by atoms with van der Waals surface area (Å²) >= 11 is 0. The number of ether oxygens (including phenoxy) is 13. The minimum Gasteiger partial charge on any atom is -0.394 e. The molecule has 22 saturated heterocycles. The van der Waals surface area contributed by atoms with E-state index in [2.05, 4.69) is 0 Å². The second kappa shape index (κ2) is 25.9. The average Bonchev–Trinajstić information content (AvgIpc) is 3.38. The highest BCUT2D eigenvalue weighted by Crippen LogP contribution is 2.39. The zero-order valence-electron chi connectivity index (χ0n) is 39.3. The minimum atomic E-state index is -2.24. The van der Waals surface area contributed by atoms with E-state index in [1.165, 1.54) is 6.92 Å². The van der Waals surface area contributed by atoms with Crippen LogP contribution in [0.3, 0.4) is 0 Å². The summed E-state index contributed by atoms with van der Waals surface area (Å²) in [6.07, 6.45) is -66.1. The van der Waals surface area contributed by atoms with E-state index in [1.54, 1.807) is 0 Å². The van der Waals surface area contributed by atoms with Crippen molar-refractivity contribution in [3.05, 3.63) is 0 Å². The third-order valence-electron chi connectivity index (χ3n) is 14.0. The van der Waals surface area contributed by atoms with Crippen LogP contribution >= 0.6 is 0 Å². The molecule has 22 rings (SSSR count). The summed E-state index contributed by atoms with van der Waals surface area (Å²) in [7, 11) is 0. The average molecular weight is 1090 g/mol. The van der Waals surface area contributed by atoms with Crippen LogP contribution in [0.15, 0.2) is 0 Å². The number of rotatable bonds is 11. The molecule has 0 radical (unpaired) electrons. The second-order valence-corrected chi connectivity index (χ2v) is 19.0. The SMILES string of the molecule is CC(O)C(O)CC(O)O[C@@H]1[C@@H](O)[C@H]2O[C@H]3[C@H](O)[C@@H](O)[C@@H](O[C@H]4[C@H](O)[C@@H](O)[C@@H](O[C@H]5[C@H](O)[C@@H](O)[C@@H](O[C@H]6[C@H](O)[C@@H](O)[C@@H](O[C@H]7[C@H](O)[C@@H](O)[C@@H](O[C@H]1[C@@H](CO)O2)O[C@@H]7CO)O[C@@H]6CO)O[C@@H]5CO)O[C@@H]4CO)O[C@@H]3CO. The van der Waals surface area contributed by atoms with Crippen LogP contribution < -0.4 is 0 Å². The van der Waals surface area contributed by atoms with Crippen LogP contribution in [0.1, 0.15) is 13.3 Å². The topological polar surface area (TPSA) is 525 Å². The van der Waals surface area contributed by atoms with Crippen molar-refractivity contribution in [3.8, 4) is 0 Å². The van der Waals surface area contributed by atoms with Crippen molar-refractivity contribution in [2.45, 2.75) is 216 Å². The Kier molecular flexibility index (Phi) is 21.1. The van der Waals surface area contributed by atoms with Crippen LogP contribution in [0.5, 0.6) is 0 Å². The van der Waals surface area contributed by atoms with Gasteiger partial charge in [-0.2, -0.15) is 0 Å². The molecule has 33 heteroatoms. The fourth-order valence-electron chi connectivity index (χ4n) is 9.71. The Labute approximate surface area is 419 Å². The Morgan fingerprint density at radius 1 is 0.311 bits per heavy atom. The maximum absolute atomic E-state index is 11.8. The first kappa shape index (κ1) is 60.3. The third kappa shape index (κ3) is 12.4. The van der Waals surface area contributed by atoms with Crippen LogP contribution in [0.2, 0.25) is 0 Å². The molecule has 22 fully saturated rings. The number of aliphatic hydroxyl groups excluding tert-OH is 20. The summed E-state index contributed by atoms with van der Waals surface area (Å²) in [5, 5.41) is 219. The summed E-state index contributed by atoms with van der Waals surface area (Å²) in [5.41, 5.74) is 0. The zero-order chi connectivity index (χ0) is 54.2. The van der Waals surface area contributed by atoms with Crippen molar-refractivity contribution < 1.29 is 164 Å². The first-order valence-electron chi connectivity index (χ1n) is 23.8. The molecule has 22 aliphatic heterocycles. The van der Waals surface area contributed by atoms with Gasteiger partial charge in [-0.1, -0.05) is 0 Å². The Bertz CT molecular complexity index is 1700. The molecule has 0 aromatic rings. The molecule has 22 aliphatic rings. The lowest BCUT2D eigenvalue weighted by Crippen LogP contribution is -2.69. The molecule has 20 N–H and O–H groups in total. The molecule has 0 amide bonds. The molecular formula is C41H70O33. The van der Waals surface area contributed by atoms with Gasteiger partial charge in [-0.15, -0.1) is 0 Å². The van der Waals surface area contributed by atoms with Crippen molar-refractivity contribution in [2.24, 2.45) is 0 Å². The summed E-state index contributed by atoms with van der Waals surface area (Å²) in [4.78, 5) is 0. The molecule has 33 atom stereocenters. The van der Waals surface area contributed by atoms with E-state index in [1.807, 2.05) is 0 Å². The molecule has 432 valence electrons. The van der Waals surface area contributed by atoms with Gasteiger partial charge >= 0.3 is 0 Å². The fraction of sp³-hybridized carbons (Fsp3) is 1.00. The lowest BCUT2D eigenvalue weighted by molar-refractivity contribution is -0.407. The van der Waals surface area contributed by atoms with E-state index < -0.39 is 249 Å². The Morgan fingerprint density at radius 2 is 0.527 bits per heavy atom. The lowest BCUT2D eigenvalue weighted by Gasteiger charge is -2.51. The van der Waals surface area contributed by atoms with Crippen LogP contribution in [-0.4, -0.2) is 345 Å². The predicted molar refractivity (Wildman–Crippen MR) is 223 cm³/mol. The standard InChI is InChI=1S/C41H70O33/c1-9(48)10(49)2-17(50)68-35-28(61)41-67-16(8-47)34(35)74-40-27(60)22(55)32(14(6-45)66-40)72-38-25(58)20(53)30(12(4-43)64-38)70-36-23(56)18(51)29(11(3-42)62-36)69-37-24(57)19(52)31(13(5-44)63-37)71-39-26(59)21(54)33(73-41)15(7-46)65-39/h9-61H,2-8H2,1H3/t9?,10?,11-,12-,13-,14-,15-,16-,17?,18-,19-,20-,21-,22-,23-,24-,25-,26-,27-,28-,29-,30-,31-,32-,33-,34+,35-,36-,37-,38-,39-,40-,41-/m1/s1. The Balaban J connectivity index is 1.23. The molecule has 22 heterocycles. The highest BCUT2D eigenvalue weighted by Gasteiger charge is 2.59. The van der Waals surface area contributed by atoms with Crippen molar-refractivity contribution in [3.63, 3.8) is 0 Å². The highest BCUT2D eigenvalue weighted by atomic mass is 16.8. The van der Waals surface area contributed by atoms with Gasteiger partial charge in [0.1, 0.15) is 146 Å². The van der Waals surface area contributed by atoms with E-state index >= 15 is 0 Å². The molecular weight excluding hydrogens is 1020 g/mol. The van der Waals surface area contributed by atoms with Crippen molar-refractivity contribution >= 4 is 0 Å². The maximum Gasteiger partial charge on any atom is 0.187 e. The molecule has 74 heavy (non-hydrogen) atoms. The number of aliphatic hydroxyl groups is 20. The number of hydrogen-bond acceptors (Lipinski definition) is 33. The van der Waals surface area contributed by atoms with Gasteiger partial charge in [0.25, 0.3) is 0 Å². The molecule has 0 aromatic carbocycles. The molecule has 0 saturated carbocycles. The first-order chi connectivity index (χ1) is 35.1. The summed E-state index contributed by atoms with van der Waals surface area (Å²) in [5.74, 6) is 0.